The lowest BCUT2D eigenvalue weighted by molar-refractivity contribution is -0.385. The summed E-state index contributed by atoms with van der Waals surface area (Å²) < 4.78 is 27.6. The van der Waals surface area contributed by atoms with E-state index in [1.54, 1.807) is 6.07 Å². The van der Waals surface area contributed by atoms with Gasteiger partial charge in [0.05, 0.1) is 4.92 Å². The summed E-state index contributed by atoms with van der Waals surface area (Å²) in [7, 11) is 0. The van der Waals surface area contributed by atoms with Crippen LogP contribution >= 0.6 is 15.9 Å². The molecule has 0 amide bonds. The lowest BCUT2D eigenvalue weighted by atomic mass is 10.1. The molecular weight excluding hydrogens is 348 g/mol. The van der Waals surface area contributed by atoms with Crippen LogP contribution < -0.4 is 5.32 Å². The van der Waals surface area contributed by atoms with Gasteiger partial charge in [-0.05, 0) is 24.3 Å². The van der Waals surface area contributed by atoms with E-state index in [2.05, 4.69) is 21.2 Å². The highest BCUT2D eigenvalue weighted by Gasteiger charge is 2.16. The Kier molecular flexibility index (Phi) is 4.14. The Bertz CT molecular complexity index is 751. The zero-order valence-electron chi connectivity index (χ0n) is 10.2. The highest BCUT2D eigenvalue weighted by molar-refractivity contribution is 9.10. The fourth-order valence-corrected chi connectivity index (χ4v) is 2.06. The van der Waals surface area contributed by atoms with E-state index in [1.165, 1.54) is 12.1 Å². The topological polar surface area (TPSA) is 79.0 Å². The van der Waals surface area contributed by atoms with Crippen molar-refractivity contribution in [3.63, 3.8) is 0 Å². The molecule has 2 aromatic carbocycles. The van der Waals surface area contributed by atoms with Gasteiger partial charge in [-0.15, -0.1) is 0 Å². The monoisotopic (exact) mass is 353 g/mol. The predicted octanol–water partition coefficient (Wildman–Crippen LogP) is 4.25. The third-order valence-electron chi connectivity index (χ3n) is 2.59. The lowest BCUT2D eigenvalue weighted by Crippen LogP contribution is -1.99. The highest BCUT2D eigenvalue weighted by atomic mass is 79.9. The number of hydrogen-bond acceptors (Lipinski definition) is 4. The van der Waals surface area contributed by atoms with Gasteiger partial charge in [0.15, 0.2) is 11.6 Å². The summed E-state index contributed by atoms with van der Waals surface area (Å²) in [5.74, 6) is -1.71. The minimum absolute atomic E-state index is 0.0980. The molecule has 106 valence electrons. The van der Waals surface area contributed by atoms with E-state index < -0.39 is 27.9 Å². The maximum absolute atomic E-state index is 13.7. The Hall–Kier alpha value is -2.53. The van der Waals surface area contributed by atoms with Crippen LogP contribution in [-0.2, 0) is 0 Å². The number of nitro benzene ring substituents is 1. The normalized spacial score (nSPS) is 10.0. The van der Waals surface area contributed by atoms with Gasteiger partial charge in [-0.25, -0.2) is 8.78 Å². The van der Waals surface area contributed by atoms with Gasteiger partial charge in [0.1, 0.15) is 17.3 Å². The number of nitrogens with one attached hydrogen (secondary N) is 1. The highest BCUT2D eigenvalue weighted by Crippen LogP contribution is 2.29. The summed E-state index contributed by atoms with van der Waals surface area (Å²) in [6, 6.07) is 7.36. The van der Waals surface area contributed by atoms with E-state index in [-0.39, 0.29) is 15.7 Å². The molecule has 0 aromatic heterocycles. The predicted molar refractivity (Wildman–Crippen MR) is 75.2 cm³/mol. The number of hydrogen-bond donors (Lipinski definition) is 1. The third kappa shape index (κ3) is 3.14. The molecule has 0 heterocycles. The van der Waals surface area contributed by atoms with Crippen LogP contribution in [0, 0.1) is 33.1 Å². The Morgan fingerprint density at radius 3 is 2.38 bits per heavy atom. The van der Waals surface area contributed by atoms with Gasteiger partial charge < -0.3 is 5.32 Å². The van der Waals surface area contributed by atoms with Crippen LogP contribution in [0.2, 0.25) is 0 Å². The summed E-state index contributed by atoms with van der Waals surface area (Å²) in [6.45, 7) is 0. The van der Waals surface area contributed by atoms with Crippen molar-refractivity contribution in [1.29, 1.82) is 5.26 Å². The third-order valence-corrected chi connectivity index (χ3v) is 3.05. The SMILES string of the molecule is N#Cc1ccc(Nc2c(F)cc(Br)cc2F)cc1[N+](=O)[O-]. The Morgan fingerprint density at radius 1 is 1.24 bits per heavy atom. The van der Waals surface area contributed by atoms with Gasteiger partial charge in [-0.1, -0.05) is 15.9 Å². The van der Waals surface area contributed by atoms with E-state index in [4.69, 9.17) is 5.26 Å². The molecule has 5 nitrogen and oxygen atoms in total. The van der Waals surface area contributed by atoms with Crippen molar-refractivity contribution in [3.05, 3.63) is 62.1 Å². The fourth-order valence-electron chi connectivity index (χ4n) is 1.66. The molecule has 0 aliphatic carbocycles. The summed E-state index contributed by atoms with van der Waals surface area (Å²) in [5, 5.41) is 22.0. The van der Waals surface area contributed by atoms with Gasteiger partial charge in [-0.3, -0.25) is 10.1 Å². The summed E-state index contributed by atoms with van der Waals surface area (Å²) in [4.78, 5) is 10.1. The largest absolute Gasteiger partial charge is 0.351 e. The van der Waals surface area contributed by atoms with Crippen molar-refractivity contribution >= 4 is 33.0 Å². The number of rotatable bonds is 3. The molecule has 0 radical (unpaired) electrons. The Balaban J connectivity index is 2.44. The van der Waals surface area contributed by atoms with Crippen molar-refractivity contribution in [3.8, 4) is 6.07 Å². The first-order valence-corrected chi connectivity index (χ1v) is 6.32. The van der Waals surface area contributed by atoms with Crippen LogP contribution in [0.1, 0.15) is 5.56 Å². The van der Waals surface area contributed by atoms with Crippen molar-refractivity contribution in [2.75, 3.05) is 5.32 Å². The Morgan fingerprint density at radius 2 is 1.86 bits per heavy atom. The van der Waals surface area contributed by atoms with Gasteiger partial charge >= 0.3 is 0 Å². The number of nitro groups is 1. The number of halogens is 3. The number of anilines is 2. The number of nitriles is 1. The molecule has 0 atom stereocenters. The molecule has 0 saturated heterocycles. The van der Waals surface area contributed by atoms with Crippen LogP contribution in [0.4, 0.5) is 25.8 Å². The second-order valence-corrected chi connectivity index (χ2v) is 4.89. The summed E-state index contributed by atoms with van der Waals surface area (Å²) >= 11 is 2.95. The fraction of sp³-hybridized carbons (Fsp3) is 0. The molecule has 0 spiro atoms. The van der Waals surface area contributed by atoms with Crippen LogP contribution in [0.5, 0.6) is 0 Å². The van der Waals surface area contributed by atoms with E-state index in [9.17, 15) is 18.9 Å². The van der Waals surface area contributed by atoms with Crippen LogP contribution in [0.25, 0.3) is 0 Å². The summed E-state index contributed by atoms with van der Waals surface area (Å²) in [6.07, 6.45) is 0. The van der Waals surface area contributed by atoms with E-state index in [0.717, 1.165) is 18.2 Å². The minimum atomic E-state index is -0.853. The smallest absolute Gasteiger partial charge is 0.289 e. The summed E-state index contributed by atoms with van der Waals surface area (Å²) in [5.41, 5.74) is -0.916. The number of nitrogens with zero attached hydrogens (tertiary/aromatic N) is 2. The van der Waals surface area contributed by atoms with Crippen molar-refractivity contribution in [2.45, 2.75) is 0 Å². The first-order chi connectivity index (χ1) is 9.92. The van der Waals surface area contributed by atoms with Gasteiger partial charge in [0.2, 0.25) is 0 Å². The van der Waals surface area contributed by atoms with Crippen molar-refractivity contribution in [2.24, 2.45) is 0 Å². The molecule has 0 aliphatic heterocycles. The molecular formula is C13H6BrF2N3O2. The molecule has 0 bridgehead atoms. The molecule has 8 heteroatoms. The molecule has 0 unspecified atom stereocenters. The van der Waals surface area contributed by atoms with E-state index in [1.807, 2.05) is 0 Å². The van der Waals surface area contributed by atoms with Gasteiger partial charge in [0.25, 0.3) is 5.69 Å². The van der Waals surface area contributed by atoms with Crippen molar-refractivity contribution < 1.29 is 13.7 Å². The zero-order chi connectivity index (χ0) is 15.6. The average Bonchev–Trinajstić information content (AvgIpc) is 2.42. The van der Waals surface area contributed by atoms with Crippen molar-refractivity contribution in [1.82, 2.24) is 0 Å². The molecule has 0 fully saturated rings. The molecule has 0 aliphatic rings. The van der Waals surface area contributed by atoms with Crippen LogP contribution in [-0.4, -0.2) is 4.92 Å². The first-order valence-electron chi connectivity index (χ1n) is 5.52. The maximum Gasteiger partial charge on any atom is 0.289 e. The average molecular weight is 354 g/mol. The molecule has 2 rings (SSSR count). The second kappa shape index (κ2) is 5.85. The van der Waals surface area contributed by atoms with Crippen LogP contribution in [0.3, 0.4) is 0 Å². The lowest BCUT2D eigenvalue weighted by Gasteiger charge is -2.09. The zero-order valence-corrected chi connectivity index (χ0v) is 11.8. The van der Waals surface area contributed by atoms with Gasteiger partial charge in [0, 0.05) is 16.2 Å². The maximum atomic E-state index is 13.7. The van der Waals surface area contributed by atoms with Crippen LogP contribution in [0.15, 0.2) is 34.8 Å². The molecule has 21 heavy (non-hydrogen) atoms. The second-order valence-electron chi connectivity index (χ2n) is 3.97. The molecule has 2 aromatic rings. The molecule has 1 N–H and O–H groups in total. The molecule has 0 saturated carbocycles. The standard InChI is InChI=1S/C13H6BrF2N3O2/c14-8-3-10(15)13(11(16)4-8)18-9-2-1-7(6-17)12(5-9)19(20)21/h1-5,18H. The minimum Gasteiger partial charge on any atom is -0.351 e. The number of benzene rings is 2. The van der Waals surface area contributed by atoms with Gasteiger partial charge in [-0.2, -0.15) is 5.26 Å². The quantitative estimate of drug-likeness (QED) is 0.660. The van der Waals surface area contributed by atoms with E-state index >= 15 is 0 Å². The van der Waals surface area contributed by atoms with E-state index in [0.29, 0.717) is 0 Å². The Labute approximate surface area is 126 Å². The first kappa shape index (κ1) is 14.9.